The Morgan fingerprint density at radius 1 is 1.14 bits per heavy atom. The molecule has 28 heavy (non-hydrogen) atoms. The number of H-pyrrole nitrogens is 1. The average molecular weight is 405 g/mol. The highest BCUT2D eigenvalue weighted by atomic mass is 35.5. The van der Waals surface area contributed by atoms with Crippen LogP contribution in [0.5, 0.6) is 0 Å². The zero-order valence-electron chi connectivity index (χ0n) is 15.9. The number of aromatic nitrogens is 2. The van der Waals surface area contributed by atoms with E-state index in [0.29, 0.717) is 11.6 Å². The lowest BCUT2D eigenvalue weighted by Gasteiger charge is -2.31. The van der Waals surface area contributed by atoms with Gasteiger partial charge in [0.1, 0.15) is 5.69 Å². The Labute approximate surface area is 168 Å². The fraction of sp³-hybridized carbons (Fsp3) is 0.450. The molecule has 1 amide bonds. The Kier molecular flexibility index (Phi) is 6.70. The molecule has 0 unspecified atom stereocenters. The minimum atomic E-state index is -0.612. The molecule has 150 valence electrons. The van der Waals surface area contributed by atoms with Gasteiger partial charge in [-0.3, -0.25) is 19.1 Å². The summed E-state index contributed by atoms with van der Waals surface area (Å²) in [5.41, 5.74) is -0.0852. The zero-order chi connectivity index (χ0) is 20.1. The van der Waals surface area contributed by atoms with Crippen molar-refractivity contribution in [2.45, 2.75) is 31.7 Å². The molecule has 2 heterocycles. The number of carbonyl (C=O) groups is 1. The number of halogens is 1. The molecule has 1 aliphatic heterocycles. The quantitative estimate of drug-likeness (QED) is 0.798. The molecule has 2 N–H and O–H groups in total. The Morgan fingerprint density at radius 2 is 1.79 bits per heavy atom. The topological polar surface area (TPSA) is 87.2 Å². The Bertz CT molecular complexity index is 896. The summed E-state index contributed by atoms with van der Waals surface area (Å²) in [6.07, 6.45) is 4.68. The standard InChI is InChI=1S/C20H25ClN4O3/c1-24-18(26)12-16(23-20(24)28)19(27)22-13-17(14-6-8-15(21)9-7-14)25-10-4-2-3-5-11-25/h6-9,12,17H,2-5,10-11,13H2,1H3,(H,22,27)(H,23,28)/t17-/m1/s1. The number of hydrogen-bond acceptors (Lipinski definition) is 4. The molecule has 1 atom stereocenters. The molecule has 0 radical (unpaired) electrons. The van der Waals surface area contributed by atoms with Gasteiger partial charge < -0.3 is 10.3 Å². The van der Waals surface area contributed by atoms with Crippen LogP contribution in [0.25, 0.3) is 0 Å². The van der Waals surface area contributed by atoms with Crippen molar-refractivity contribution in [2.24, 2.45) is 7.05 Å². The number of nitrogens with one attached hydrogen (secondary N) is 2. The number of nitrogens with zero attached hydrogens (tertiary/aromatic N) is 2. The Balaban J connectivity index is 1.79. The third-order valence-corrected chi connectivity index (χ3v) is 5.43. The fourth-order valence-electron chi connectivity index (χ4n) is 3.51. The third-order valence-electron chi connectivity index (χ3n) is 5.18. The molecule has 0 bridgehead atoms. The van der Waals surface area contributed by atoms with Crippen LogP contribution in [0.3, 0.4) is 0 Å². The molecule has 1 fully saturated rings. The molecular formula is C20H25ClN4O3. The van der Waals surface area contributed by atoms with Crippen LogP contribution in [0.2, 0.25) is 5.02 Å². The summed E-state index contributed by atoms with van der Waals surface area (Å²) in [6, 6.07) is 8.79. The summed E-state index contributed by atoms with van der Waals surface area (Å²) in [5.74, 6) is -0.469. The van der Waals surface area contributed by atoms with Gasteiger partial charge in [0.05, 0.1) is 6.04 Å². The first kappa shape index (κ1) is 20.4. The first-order valence-corrected chi connectivity index (χ1v) is 9.91. The number of carbonyl (C=O) groups excluding carboxylic acids is 1. The molecule has 7 nitrogen and oxygen atoms in total. The Morgan fingerprint density at radius 3 is 2.39 bits per heavy atom. The van der Waals surface area contributed by atoms with Crippen LogP contribution >= 0.6 is 11.6 Å². The van der Waals surface area contributed by atoms with Crippen LogP contribution in [-0.4, -0.2) is 40.0 Å². The lowest BCUT2D eigenvalue weighted by Crippen LogP contribution is -2.40. The largest absolute Gasteiger partial charge is 0.349 e. The molecule has 2 aromatic rings. The molecule has 1 saturated heterocycles. The SMILES string of the molecule is Cn1c(=O)cc(C(=O)NC[C@H](c2ccc(Cl)cc2)N2CCCCCC2)[nH]c1=O. The minimum absolute atomic E-state index is 0.00224. The van der Waals surface area contributed by atoms with Crippen molar-refractivity contribution in [3.8, 4) is 0 Å². The summed E-state index contributed by atoms with van der Waals surface area (Å²) in [5, 5.41) is 3.54. The molecule has 0 saturated carbocycles. The normalized spacial score (nSPS) is 16.4. The van der Waals surface area contributed by atoms with E-state index < -0.39 is 17.2 Å². The summed E-state index contributed by atoms with van der Waals surface area (Å²) in [6.45, 7) is 2.30. The van der Waals surface area contributed by atoms with Crippen LogP contribution in [0.1, 0.15) is 47.8 Å². The van der Waals surface area contributed by atoms with Crippen molar-refractivity contribution in [1.29, 1.82) is 0 Å². The van der Waals surface area contributed by atoms with Crippen molar-refractivity contribution in [3.63, 3.8) is 0 Å². The number of aromatic amines is 1. The van der Waals surface area contributed by atoms with Crippen molar-refractivity contribution in [1.82, 2.24) is 19.8 Å². The van der Waals surface area contributed by atoms with Gasteiger partial charge in [0, 0.05) is 24.7 Å². The van der Waals surface area contributed by atoms with Gasteiger partial charge in [-0.25, -0.2) is 4.79 Å². The van der Waals surface area contributed by atoms with E-state index in [1.807, 2.05) is 24.3 Å². The molecule has 3 rings (SSSR count). The maximum atomic E-state index is 12.5. The summed E-state index contributed by atoms with van der Waals surface area (Å²) < 4.78 is 0.921. The first-order chi connectivity index (χ1) is 13.5. The van der Waals surface area contributed by atoms with E-state index in [-0.39, 0.29) is 11.7 Å². The van der Waals surface area contributed by atoms with E-state index in [9.17, 15) is 14.4 Å². The molecule has 8 heteroatoms. The molecule has 0 aliphatic carbocycles. The highest BCUT2D eigenvalue weighted by Gasteiger charge is 2.22. The molecule has 1 aromatic heterocycles. The van der Waals surface area contributed by atoms with E-state index in [4.69, 9.17) is 11.6 Å². The predicted molar refractivity (Wildman–Crippen MR) is 109 cm³/mol. The van der Waals surface area contributed by atoms with E-state index >= 15 is 0 Å². The Hall–Kier alpha value is -2.38. The average Bonchev–Trinajstić information content (AvgIpc) is 2.96. The van der Waals surface area contributed by atoms with Crippen molar-refractivity contribution < 1.29 is 4.79 Å². The van der Waals surface area contributed by atoms with Gasteiger partial charge >= 0.3 is 5.69 Å². The van der Waals surface area contributed by atoms with Gasteiger partial charge in [-0.15, -0.1) is 0 Å². The maximum Gasteiger partial charge on any atom is 0.328 e. The van der Waals surface area contributed by atoms with Gasteiger partial charge in [0.15, 0.2) is 0 Å². The van der Waals surface area contributed by atoms with Gasteiger partial charge in [0.2, 0.25) is 0 Å². The minimum Gasteiger partial charge on any atom is -0.349 e. The third kappa shape index (κ3) is 4.91. The number of rotatable bonds is 5. The zero-order valence-corrected chi connectivity index (χ0v) is 16.7. The number of likely N-dealkylation sites (tertiary alicyclic amines) is 1. The predicted octanol–water partition coefficient (Wildman–Crippen LogP) is 2.07. The van der Waals surface area contributed by atoms with E-state index in [1.165, 1.54) is 19.9 Å². The molecule has 1 aliphatic rings. The second kappa shape index (κ2) is 9.21. The van der Waals surface area contributed by atoms with Crippen molar-refractivity contribution in [2.75, 3.05) is 19.6 Å². The number of hydrogen-bond donors (Lipinski definition) is 2. The molecular weight excluding hydrogens is 380 g/mol. The highest BCUT2D eigenvalue weighted by Crippen LogP contribution is 2.25. The monoisotopic (exact) mass is 404 g/mol. The summed E-state index contributed by atoms with van der Waals surface area (Å²) >= 11 is 6.03. The smallest absolute Gasteiger partial charge is 0.328 e. The van der Waals surface area contributed by atoms with Crippen LogP contribution < -0.4 is 16.6 Å². The van der Waals surface area contributed by atoms with Gasteiger partial charge in [-0.05, 0) is 43.6 Å². The summed E-state index contributed by atoms with van der Waals surface area (Å²) in [4.78, 5) is 40.9. The van der Waals surface area contributed by atoms with Crippen LogP contribution in [0, 0.1) is 0 Å². The lowest BCUT2D eigenvalue weighted by molar-refractivity contribution is 0.0927. The van der Waals surface area contributed by atoms with Crippen LogP contribution in [0.4, 0.5) is 0 Å². The van der Waals surface area contributed by atoms with Crippen LogP contribution in [0.15, 0.2) is 39.9 Å². The number of benzene rings is 1. The van der Waals surface area contributed by atoms with Gasteiger partial charge in [-0.1, -0.05) is 36.6 Å². The molecule has 1 aromatic carbocycles. The van der Waals surface area contributed by atoms with Crippen molar-refractivity contribution in [3.05, 3.63) is 67.4 Å². The highest BCUT2D eigenvalue weighted by molar-refractivity contribution is 6.30. The lowest BCUT2D eigenvalue weighted by atomic mass is 10.0. The van der Waals surface area contributed by atoms with Gasteiger partial charge in [-0.2, -0.15) is 0 Å². The summed E-state index contributed by atoms with van der Waals surface area (Å²) in [7, 11) is 1.36. The van der Waals surface area contributed by atoms with E-state index in [0.717, 1.165) is 42.1 Å². The fourth-order valence-corrected chi connectivity index (χ4v) is 3.64. The molecule has 0 spiro atoms. The van der Waals surface area contributed by atoms with Crippen LogP contribution in [-0.2, 0) is 7.05 Å². The second-order valence-electron chi connectivity index (χ2n) is 7.11. The second-order valence-corrected chi connectivity index (χ2v) is 7.55. The first-order valence-electron chi connectivity index (χ1n) is 9.54. The number of amides is 1. The van der Waals surface area contributed by atoms with Gasteiger partial charge in [0.25, 0.3) is 11.5 Å². The van der Waals surface area contributed by atoms with E-state index in [2.05, 4.69) is 15.2 Å². The maximum absolute atomic E-state index is 12.5. The van der Waals surface area contributed by atoms with E-state index in [1.54, 1.807) is 0 Å². The van der Waals surface area contributed by atoms with Crippen molar-refractivity contribution >= 4 is 17.5 Å².